The van der Waals surface area contributed by atoms with Crippen molar-refractivity contribution in [2.45, 2.75) is 6.92 Å². The van der Waals surface area contributed by atoms with Crippen molar-refractivity contribution in [3.05, 3.63) is 47.0 Å². The summed E-state index contributed by atoms with van der Waals surface area (Å²) in [6.07, 6.45) is 0. The molecule has 0 aliphatic carbocycles. The van der Waals surface area contributed by atoms with Crippen LogP contribution in [0.2, 0.25) is 0 Å². The van der Waals surface area contributed by atoms with E-state index >= 15 is 0 Å². The van der Waals surface area contributed by atoms with E-state index in [0.29, 0.717) is 36.2 Å². The van der Waals surface area contributed by atoms with E-state index in [1.165, 1.54) is 24.3 Å². The van der Waals surface area contributed by atoms with Crippen LogP contribution in [0.5, 0.6) is 0 Å². The van der Waals surface area contributed by atoms with Gasteiger partial charge in [-0.3, -0.25) is 0 Å². The number of carbonyl (C=O) groups is 2. The first-order chi connectivity index (χ1) is 12.0. The summed E-state index contributed by atoms with van der Waals surface area (Å²) in [6.45, 7) is 3.66. The van der Waals surface area contributed by atoms with Crippen LogP contribution in [0.1, 0.15) is 33.2 Å². The molecule has 6 heteroatoms. The monoisotopic (exact) mass is 342 g/mol. The fourth-order valence-electron chi connectivity index (χ4n) is 2.29. The number of carboxylic acid groups (broad SMARTS) is 2. The van der Waals surface area contributed by atoms with Gasteiger partial charge in [-0.1, -0.05) is 17.9 Å². The van der Waals surface area contributed by atoms with Crippen LogP contribution in [0.15, 0.2) is 30.3 Å². The second kappa shape index (κ2) is 8.83. The highest BCUT2D eigenvalue weighted by Crippen LogP contribution is 2.24. The second-order valence-corrected chi connectivity index (χ2v) is 5.08. The summed E-state index contributed by atoms with van der Waals surface area (Å²) >= 11 is 0. The largest absolute Gasteiger partial charge is 0.478 e. The smallest absolute Gasteiger partial charge is 0.336 e. The van der Waals surface area contributed by atoms with Crippen molar-refractivity contribution >= 4 is 22.7 Å². The van der Waals surface area contributed by atoms with Gasteiger partial charge in [0.15, 0.2) is 0 Å². The average molecular weight is 342 g/mol. The predicted octanol–water partition coefficient (Wildman–Crippen LogP) is 2.64. The number of hydrogen-bond donors (Lipinski definition) is 2. The van der Waals surface area contributed by atoms with Crippen molar-refractivity contribution in [1.82, 2.24) is 0 Å². The van der Waals surface area contributed by atoms with Gasteiger partial charge in [-0.05, 0) is 42.0 Å². The molecule has 0 saturated carbocycles. The van der Waals surface area contributed by atoms with Crippen molar-refractivity contribution in [1.29, 1.82) is 0 Å². The topological polar surface area (TPSA) is 93.1 Å². The summed E-state index contributed by atoms with van der Waals surface area (Å²) in [5, 5.41) is 19.4. The van der Waals surface area contributed by atoms with Crippen molar-refractivity contribution in [3.63, 3.8) is 0 Å². The zero-order valence-corrected chi connectivity index (χ0v) is 13.7. The van der Waals surface area contributed by atoms with Crippen LogP contribution >= 0.6 is 0 Å². The van der Waals surface area contributed by atoms with Crippen molar-refractivity contribution in [3.8, 4) is 11.8 Å². The van der Waals surface area contributed by atoms with E-state index in [1.807, 2.05) is 6.92 Å². The first kappa shape index (κ1) is 18.5. The third-order valence-corrected chi connectivity index (χ3v) is 3.47. The van der Waals surface area contributed by atoms with E-state index in [-0.39, 0.29) is 17.7 Å². The van der Waals surface area contributed by atoms with E-state index in [4.69, 9.17) is 14.6 Å². The molecular weight excluding hydrogens is 324 g/mol. The fraction of sp³-hybridized carbons (Fsp3) is 0.263. The Morgan fingerprint density at radius 2 is 1.76 bits per heavy atom. The highest BCUT2D eigenvalue weighted by Gasteiger charge is 2.13. The summed E-state index contributed by atoms with van der Waals surface area (Å²) in [5.74, 6) is 3.60. The van der Waals surface area contributed by atoms with Gasteiger partial charge >= 0.3 is 11.9 Å². The first-order valence-corrected chi connectivity index (χ1v) is 7.72. The Morgan fingerprint density at radius 3 is 2.44 bits per heavy atom. The Bertz CT molecular complexity index is 844. The van der Waals surface area contributed by atoms with Gasteiger partial charge in [-0.15, -0.1) is 0 Å². The highest BCUT2D eigenvalue weighted by atomic mass is 16.5. The van der Waals surface area contributed by atoms with Gasteiger partial charge in [0.2, 0.25) is 0 Å². The van der Waals surface area contributed by atoms with Crippen LogP contribution in [-0.2, 0) is 9.47 Å². The summed E-state index contributed by atoms with van der Waals surface area (Å²) in [7, 11) is 0. The quantitative estimate of drug-likeness (QED) is 0.593. The molecule has 0 saturated heterocycles. The maximum atomic E-state index is 11.3. The number of carboxylic acids is 2. The molecule has 0 unspecified atom stereocenters. The molecule has 0 spiro atoms. The van der Waals surface area contributed by atoms with Gasteiger partial charge < -0.3 is 19.7 Å². The maximum Gasteiger partial charge on any atom is 0.336 e. The number of aromatic carboxylic acids is 2. The van der Waals surface area contributed by atoms with Gasteiger partial charge in [0.05, 0.1) is 24.3 Å². The van der Waals surface area contributed by atoms with E-state index in [0.717, 1.165) is 0 Å². The number of ether oxygens (including phenoxy) is 2. The van der Waals surface area contributed by atoms with Crippen LogP contribution in [0, 0.1) is 11.8 Å². The number of benzene rings is 2. The molecule has 130 valence electrons. The SMILES string of the molecule is CCOCCOCC#Cc1ccc(C(=O)O)c2ccc(C(=O)O)cc12. The molecule has 25 heavy (non-hydrogen) atoms. The van der Waals surface area contributed by atoms with Crippen LogP contribution < -0.4 is 0 Å². The third kappa shape index (κ3) is 4.80. The van der Waals surface area contributed by atoms with Gasteiger partial charge in [-0.25, -0.2) is 9.59 Å². The molecule has 0 aromatic heterocycles. The Labute approximate surface area is 145 Å². The molecule has 0 heterocycles. The minimum absolute atomic E-state index is 0.0750. The molecule has 6 nitrogen and oxygen atoms in total. The van der Waals surface area contributed by atoms with Crippen LogP contribution in [-0.4, -0.2) is 48.6 Å². The number of hydrogen-bond acceptors (Lipinski definition) is 4. The highest BCUT2D eigenvalue weighted by molar-refractivity contribution is 6.07. The summed E-state index contributed by atoms with van der Waals surface area (Å²) in [5.41, 5.74) is 0.730. The molecule has 0 aliphatic heterocycles. The molecule has 2 aromatic carbocycles. The number of rotatable bonds is 7. The minimum Gasteiger partial charge on any atom is -0.478 e. The van der Waals surface area contributed by atoms with Crippen molar-refractivity contribution in [2.24, 2.45) is 0 Å². The maximum absolute atomic E-state index is 11.3. The van der Waals surface area contributed by atoms with E-state index in [1.54, 1.807) is 6.07 Å². The second-order valence-electron chi connectivity index (χ2n) is 5.08. The summed E-state index contributed by atoms with van der Waals surface area (Å²) in [6, 6.07) is 7.34. The van der Waals surface area contributed by atoms with Crippen LogP contribution in [0.3, 0.4) is 0 Å². The lowest BCUT2D eigenvalue weighted by molar-refractivity contribution is 0.0662. The van der Waals surface area contributed by atoms with Gasteiger partial charge in [0.1, 0.15) is 6.61 Å². The lowest BCUT2D eigenvalue weighted by Crippen LogP contribution is -2.04. The van der Waals surface area contributed by atoms with Gasteiger partial charge in [0.25, 0.3) is 0 Å². The molecule has 0 fully saturated rings. The molecule has 2 N–H and O–H groups in total. The lowest BCUT2D eigenvalue weighted by Gasteiger charge is -2.06. The molecule has 0 aliphatic rings. The van der Waals surface area contributed by atoms with Crippen molar-refractivity contribution < 1.29 is 29.3 Å². The van der Waals surface area contributed by atoms with Crippen molar-refractivity contribution in [2.75, 3.05) is 26.4 Å². The Kier molecular flexibility index (Phi) is 6.52. The predicted molar refractivity (Wildman–Crippen MR) is 92.1 cm³/mol. The molecule has 0 amide bonds. The first-order valence-electron chi connectivity index (χ1n) is 7.72. The van der Waals surface area contributed by atoms with E-state index in [9.17, 15) is 14.7 Å². The minimum atomic E-state index is -1.08. The zero-order valence-electron chi connectivity index (χ0n) is 13.7. The standard InChI is InChI=1S/C19H18O6/c1-2-24-10-11-25-9-3-4-13-5-8-16(19(22)23)15-7-6-14(18(20)21)12-17(13)15/h5-8,12H,2,9-11H2,1H3,(H,20,21)(H,22,23). The Hall–Kier alpha value is -2.88. The normalized spacial score (nSPS) is 10.3. The molecule has 0 atom stereocenters. The molecular formula is C19H18O6. The summed E-state index contributed by atoms with van der Waals surface area (Å²) in [4.78, 5) is 22.5. The molecule has 0 radical (unpaired) electrons. The Balaban J connectivity index is 2.30. The molecule has 2 rings (SSSR count). The molecule has 0 bridgehead atoms. The van der Waals surface area contributed by atoms with Gasteiger partial charge in [0, 0.05) is 12.2 Å². The van der Waals surface area contributed by atoms with E-state index in [2.05, 4.69) is 11.8 Å². The summed E-state index contributed by atoms with van der Waals surface area (Å²) < 4.78 is 10.4. The van der Waals surface area contributed by atoms with Crippen LogP contribution in [0.25, 0.3) is 10.8 Å². The molecule has 2 aromatic rings. The van der Waals surface area contributed by atoms with Crippen LogP contribution in [0.4, 0.5) is 0 Å². The average Bonchev–Trinajstić information content (AvgIpc) is 2.60. The Morgan fingerprint density at radius 1 is 1.00 bits per heavy atom. The van der Waals surface area contributed by atoms with E-state index < -0.39 is 11.9 Å². The van der Waals surface area contributed by atoms with Gasteiger partial charge in [-0.2, -0.15) is 0 Å². The third-order valence-electron chi connectivity index (χ3n) is 3.47. The zero-order chi connectivity index (χ0) is 18.2. The lowest BCUT2D eigenvalue weighted by atomic mass is 9.97. The number of fused-ring (bicyclic) bond motifs is 1. The fourth-order valence-corrected chi connectivity index (χ4v) is 2.29.